The largest absolute Gasteiger partial charge is 0.398 e. The molecule has 0 amide bonds. The molecule has 0 fully saturated rings. The highest BCUT2D eigenvalue weighted by atomic mass is 16.6. The van der Waals surface area contributed by atoms with Crippen LogP contribution in [0.3, 0.4) is 0 Å². The Balaban J connectivity index is 3.43. The van der Waals surface area contributed by atoms with Gasteiger partial charge in [-0.15, -0.1) is 0 Å². The molecular weight excluding hydrogens is 172 g/mol. The zero-order valence-corrected chi connectivity index (χ0v) is 6.98. The molecule has 5 nitrogen and oxygen atoms in total. The molecule has 1 rings (SSSR count). The third-order valence-corrected chi connectivity index (χ3v) is 1.62. The maximum atomic E-state index is 11.0. The number of nitro groups is 1. The minimum atomic E-state index is -0.618. The molecule has 0 aliphatic rings. The zero-order chi connectivity index (χ0) is 10.0. The Labute approximate surface area is 74.3 Å². The van der Waals surface area contributed by atoms with Crippen LogP contribution in [0, 0.1) is 10.1 Å². The van der Waals surface area contributed by atoms with Gasteiger partial charge >= 0.3 is 0 Å². The van der Waals surface area contributed by atoms with E-state index >= 15 is 0 Å². The molecule has 0 bridgehead atoms. The summed E-state index contributed by atoms with van der Waals surface area (Å²) in [5.41, 5.74) is 5.31. The van der Waals surface area contributed by atoms with E-state index in [-0.39, 0.29) is 16.9 Å². The van der Waals surface area contributed by atoms with Gasteiger partial charge in [-0.3, -0.25) is 14.9 Å². The van der Waals surface area contributed by atoms with E-state index in [0.717, 1.165) is 0 Å². The summed E-state index contributed by atoms with van der Waals surface area (Å²) in [6.07, 6.45) is 0. The number of rotatable bonds is 2. The summed E-state index contributed by atoms with van der Waals surface area (Å²) in [4.78, 5) is 20.9. The van der Waals surface area contributed by atoms with Gasteiger partial charge < -0.3 is 5.73 Å². The fraction of sp³-hybridized carbons (Fsp3) is 0.125. The third kappa shape index (κ3) is 1.64. The molecule has 1 aromatic carbocycles. The lowest BCUT2D eigenvalue weighted by molar-refractivity contribution is -0.385. The summed E-state index contributed by atoms with van der Waals surface area (Å²) < 4.78 is 0. The number of carbonyl (C=O) groups is 1. The average molecular weight is 180 g/mol. The molecule has 0 unspecified atom stereocenters. The van der Waals surface area contributed by atoms with Gasteiger partial charge in [0.2, 0.25) is 0 Å². The SMILES string of the molecule is CC(=O)c1c(N)cccc1[N+](=O)[O-]. The van der Waals surface area contributed by atoms with Gasteiger partial charge in [-0.05, 0) is 13.0 Å². The summed E-state index contributed by atoms with van der Waals surface area (Å²) in [7, 11) is 0. The number of ketones is 1. The summed E-state index contributed by atoms with van der Waals surface area (Å²) in [6, 6.07) is 4.16. The van der Waals surface area contributed by atoms with Crippen LogP contribution >= 0.6 is 0 Å². The number of nitrogen functional groups attached to an aromatic ring is 1. The molecular formula is C8H8N2O3. The van der Waals surface area contributed by atoms with E-state index in [1.165, 1.54) is 25.1 Å². The standard InChI is InChI=1S/C8H8N2O3/c1-5(11)8-6(9)3-2-4-7(8)10(12)13/h2-4H,9H2,1H3. The molecule has 0 atom stereocenters. The highest BCUT2D eigenvalue weighted by Crippen LogP contribution is 2.24. The van der Waals surface area contributed by atoms with Crippen molar-refractivity contribution in [2.24, 2.45) is 0 Å². The van der Waals surface area contributed by atoms with Crippen LogP contribution in [0.4, 0.5) is 11.4 Å². The third-order valence-electron chi connectivity index (χ3n) is 1.62. The number of nitrogens with zero attached hydrogens (tertiary/aromatic N) is 1. The lowest BCUT2D eigenvalue weighted by Gasteiger charge is -2.01. The van der Waals surface area contributed by atoms with Crippen LogP contribution in [0.1, 0.15) is 17.3 Å². The number of hydrogen-bond donors (Lipinski definition) is 1. The summed E-state index contributed by atoms with van der Waals surface area (Å²) in [6.45, 7) is 1.25. The predicted molar refractivity (Wildman–Crippen MR) is 47.5 cm³/mol. The molecule has 68 valence electrons. The van der Waals surface area contributed by atoms with Crippen LogP contribution in [-0.4, -0.2) is 10.7 Å². The molecule has 2 N–H and O–H groups in total. The monoisotopic (exact) mass is 180 g/mol. The fourth-order valence-corrected chi connectivity index (χ4v) is 1.09. The molecule has 5 heteroatoms. The van der Waals surface area contributed by atoms with Crippen LogP contribution in [0.2, 0.25) is 0 Å². The van der Waals surface area contributed by atoms with Gasteiger partial charge in [0.25, 0.3) is 5.69 Å². The van der Waals surface area contributed by atoms with Crippen molar-refractivity contribution in [3.05, 3.63) is 33.9 Å². The number of nitro benzene ring substituents is 1. The van der Waals surface area contributed by atoms with E-state index in [1.54, 1.807) is 0 Å². The van der Waals surface area contributed by atoms with Gasteiger partial charge in [0.15, 0.2) is 5.78 Å². The Kier molecular flexibility index (Phi) is 2.27. The van der Waals surface area contributed by atoms with Crippen LogP contribution in [0.15, 0.2) is 18.2 Å². The minimum Gasteiger partial charge on any atom is -0.398 e. The molecule has 0 radical (unpaired) electrons. The van der Waals surface area contributed by atoms with E-state index in [9.17, 15) is 14.9 Å². The first-order valence-corrected chi connectivity index (χ1v) is 3.58. The van der Waals surface area contributed by atoms with E-state index < -0.39 is 10.7 Å². The Hall–Kier alpha value is -1.91. The molecule has 0 aliphatic carbocycles. The first-order chi connectivity index (χ1) is 6.04. The van der Waals surface area contributed by atoms with Crippen molar-refractivity contribution in [1.82, 2.24) is 0 Å². The van der Waals surface area contributed by atoms with E-state index in [1.807, 2.05) is 0 Å². The lowest BCUT2D eigenvalue weighted by Crippen LogP contribution is -2.04. The topological polar surface area (TPSA) is 86.2 Å². The molecule has 0 saturated heterocycles. The molecule has 0 spiro atoms. The smallest absolute Gasteiger partial charge is 0.282 e. The second kappa shape index (κ2) is 3.22. The van der Waals surface area contributed by atoms with E-state index in [2.05, 4.69) is 0 Å². The number of benzene rings is 1. The average Bonchev–Trinajstić information content (AvgIpc) is 2.02. The molecule has 0 aliphatic heterocycles. The quantitative estimate of drug-likeness (QED) is 0.322. The number of Topliss-reactive ketones (excluding diaryl/α,β-unsaturated/α-hetero) is 1. The van der Waals surface area contributed by atoms with Crippen LogP contribution in [0.5, 0.6) is 0 Å². The van der Waals surface area contributed by atoms with Gasteiger partial charge in [0.1, 0.15) is 5.56 Å². The normalized spacial score (nSPS) is 9.62. The van der Waals surface area contributed by atoms with Gasteiger partial charge in [0, 0.05) is 11.8 Å². The Morgan fingerprint density at radius 2 is 2.15 bits per heavy atom. The molecule has 1 aromatic rings. The van der Waals surface area contributed by atoms with Crippen molar-refractivity contribution < 1.29 is 9.72 Å². The number of anilines is 1. The Morgan fingerprint density at radius 3 is 2.54 bits per heavy atom. The van der Waals surface area contributed by atoms with E-state index in [4.69, 9.17) is 5.73 Å². The maximum Gasteiger partial charge on any atom is 0.282 e. The first-order valence-electron chi connectivity index (χ1n) is 3.58. The number of hydrogen-bond acceptors (Lipinski definition) is 4. The van der Waals surface area contributed by atoms with E-state index in [0.29, 0.717) is 0 Å². The minimum absolute atomic E-state index is 0.0208. The first kappa shape index (κ1) is 9.18. The van der Waals surface area contributed by atoms with Gasteiger partial charge in [-0.1, -0.05) is 6.07 Å². The van der Waals surface area contributed by atoms with Gasteiger partial charge in [-0.2, -0.15) is 0 Å². The van der Waals surface area contributed by atoms with Crippen LogP contribution < -0.4 is 5.73 Å². The van der Waals surface area contributed by atoms with Crippen molar-refractivity contribution in [2.45, 2.75) is 6.92 Å². The Morgan fingerprint density at radius 1 is 1.54 bits per heavy atom. The fourth-order valence-electron chi connectivity index (χ4n) is 1.09. The molecule has 0 aromatic heterocycles. The van der Waals surface area contributed by atoms with Crippen molar-refractivity contribution in [2.75, 3.05) is 5.73 Å². The maximum absolute atomic E-state index is 11.0. The predicted octanol–water partition coefficient (Wildman–Crippen LogP) is 1.38. The summed E-state index contributed by atoms with van der Waals surface area (Å²) in [5.74, 6) is -0.398. The van der Waals surface area contributed by atoms with Crippen molar-refractivity contribution in [3.8, 4) is 0 Å². The van der Waals surface area contributed by atoms with Crippen LogP contribution in [0.25, 0.3) is 0 Å². The highest BCUT2D eigenvalue weighted by molar-refractivity contribution is 6.02. The second-order valence-electron chi connectivity index (χ2n) is 2.55. The molecule has 0 saturated carbocycles. The molecule has 0 heterocycles. The van der Waals surface area contributed by atoms with Crippen molar-refractivity contribution >= 4 is 17.2 Å². The summed E-state index contributed by atoms with van der Waals surface area (Å²) in [5, 5.41) is 10.5. The van der Waals surface area contributed by atoms with Gasteiger partial charge in [-0.25, -0.2) is 0 Å². The zero-order valence-electron chi connectivity index (χ0n) is 6.98. The van der Waals surface area contributed by atoms with Crippen molar-refractivity contribution in [3.63, 3.8) is 0 Å². The molecule has 13 heavy (non-hydrogen) atoms. The lowest BCUT2D eigenvalue weighted by atomic mass is 10.1. The highest BCUT2D eigenvalue weighted by Gasteiger charge is 2.19. The Bertz CT molecular complexity index is 374. The van der Waals surface area contributed by atoms with Gasteiger partial charge in [0.05, 0.1) is 4.92 Å². The van der Waals surface area contributed by atoms with Crippen molar-refractivity contribution in [1.29, 1.82) is 0 Å². The van der Waals surface area contributed by atoms with Crippen LogP contribution in [-0.2, 0) is 0 Å². The number of nitrogens with two attached hydrogens (primary N) is 1. The second-order valence-corrected chi connectivity index (χ2v) is 2.55. The number of carbonyl (C=O) groups excluding carboxylic acids is 1. The summed E-state index contributed by atoms with van der Waals surface area (Å²) >= 11 is 0.